The SMILES string of the molecule is C=C(OC)/C(=C\C(=C(/C)CO)[N+](=O)[O-])OCCCC(=O)O. The lowest BCUT2D eigenvalue weighted by atomic mass is 10.2. The smallest absolute Gasteiger partial charge is 0.303 e. The Morgan fingerprint density at radius 3 is 2.52 bits per heavy atom. The van der Waals surface area contributed by atoms with Gasteiger partial charge in [-0.2, -0.15) is 0 Å². The third-order valence-electron chi connectivity index (χ3n) is 2.45. The average Bonchev–Trinajstić information content (AvgIpc) is 2.44. The molecule has 21 heavy (non-hydrogen) atoms. The summed E-state index contributed by atoms with van der Waals surface area (Å²) in [6, 6.07) is 0. The van der Waals surface area contributed by atoms with Gasteiger partial charge in [0.25, 0.3) is 5.70 Å². The van der Waals surface area contributed by atoms with E-state index in [4.69, 9.17) is 19.7 Å². The molecule has 8 nitrogen and oxygen atoms in total. The van der Waals surface area contributed by atoms with Crippen molar-refractivity contribution in [2.75, 3.05) is 20.3 Å². The molecule has 118 valence electrons. The molecule has 0 spiro atoms. The van der Waals surface area contributed by atoms with Crippen molar-refractivity contribution in [2.24, 2.45) is 0 Å². The van der Waals surface area contributed by atoms with E-state index >= 15 is 0 Å². The van der Waals surface area contributed by atoms with E-state index in [1.165, 1.54) is 14.0 Å². The molecule has 0 aliphatic rings. The maximum atomic E-state index is 11.0. The monoisotopic (exact) mass is 301 g/mol. The van der Waals surface area contributed by atoms with E-state index in [2.05, 4.69) is 6.58 Å². The molecular formula is C13H19NO7. The highest BCUT2D eigenvalue weighted by atomic mass is 16.6. The van der Waals surface area contributed by atoms with Gasteiger partial charge in [0.2, 0.25) is 0 Å². The van der Waals surface area contributed by atoms with Crippen LogP contribution in [0, 0.1) is 10.1 Å². The molecule has 0 aromatic carbocycles. The minimum Gasteiger partial charge on any atom is -0.493 e. The van der Waals surface area contributed by atoms with Crippen LogP contribution < -0.4 is 0 Å². The van der Waals surface area contributed by atoms with Crippen LogP contribution in [0.15, 0.2) is 35.4 Å². The van der Waals surface area contributed by atoms with Crippen molar-refractivity contribution in [1.29, 1.82) is 0 Å². The summed E-state index contributed by atoms with van der Waals surface area (Å²) < 4.78 is 10.1. The zero-order chi connectivity index (χ0) is 16.4. The third kappa shape index (κ3) is 7.11. The Morgan fingerprint density at radius 1 is 1.48 bits per heavy atom. The van der Waals surface area contributed by atoms with Crippen molar-refractivity contribution in [3.63, 3.8) is 0 Å². The van der Waals surface area contributed by atoms with Crippen LogP contribution in [0.5, 0.6) is 0 Å². The van der Waals surface area contributed by atoms with Gasteiger partial charge in [-0.3, -0.25) is 14.9 Å². The minimum absolute atomic E-state index is 0.0161. The number of hydrogen-bond donors (Lipinski definition) is 2. The first-order valence-electron chi connectivity index (χ1n) is 6.08. The molecule has 0 rings (SSSR count). The van der Waals surface area contributed by atoms with E-state index in [1.54, 1.807) is 0 Å². The lowest BCUT2D eigenvalue weighted by molar-refractivity contribution is -0.420. The maximum absolute atomic E-state index is 11.0. The van der Waals surface area contributed by atoms with E-state index in [9.17, 15) is 14.9 Å². The van der Waals surface area contributed by atoms with Gasteiger partial charge in [-0.1, -0.05) is 6.58 Å². The first-order valence-corrected chi connectivity index (χ1v) is 6.08. The summed E-state index contributed by atoms with van der Waals surface area (Å²) in [6.45, 7) is 4.53. The van der Waals surface area contributed by atoms with Crippen LogP contribution in [0.4, 0.5) is 0 Å². The number of carbonyl (C=O) groups is 1. The number of ether oxygens (including phenoxy) is 2. The summed E-state index contributed by atoms with van der Waals surface area (Å²) >= 11 is 0. The zero-order valence-corrected chi connectivity index (χ0v) is 12.0. The molecule has 0 atom stereocenters. The molecular weight excluding hydrogens is 282 g/mol. The van der Waals surface area contributed by atoms with Gasteiger partial charge in [-0.05, 0) is 13.3 Å². The Hall–Kier alpha value is -2.35. The van der Waals surface area contributed by atoms with Crippen LogP contribution >= 0.6 is 0 Å². The number of allylic oxidation sites excluding steroid dienone is 1. The minimum atomic E-state index is -0.961. The number of nitro groups is 1. The number of rotatable bonds is 10. The van der Waals surface area contributed by atoms with Crippen molar-refractivity contribution in [3.05, 3.63) is 45.6 Å². The van der Waals surface area contributed by atoms with Gasteiger partial charge in [-0.15, -0.1) is 0 Å². The van der Waals surface area contributed by atoms with Crippen molar-refractivity contribution in [3.8, 4) is 0 Å². The molecule has 0 amide bonds. The van der Waals surface area contributed by atoms with Crippen LogP contribution in [-0.2, 0) is 14.3 Å². The van der Waals surface area contributed by atoms with Crippen molar-refractivity contribution in [1.82, 2.24) is 0 Å². The topological polar surface area (TPSA) is 119 Å². The molecule has 0 aliphatic carbocycles. The second kappa shape index (κ2) is 9.54. The van der Waals surface area contributed by atoms with Crippen molar-refractivity contribution in [2.45, 2.75) is 19.8 Å². The molecule has 0 aliphatic heterocycles. The Morgan fingerprint density at radius 2 is 2.10 bits per heavy atom. The van der Waals surface area contributed by atoms with Crippen LogP contribution in [0.1, 0.15) is 19.8 Å². The highest BCUT2D eigenvalue weighted by Crippen LogP contribution is 2.17. The predicted octanol–water partition coefficient (Wildman–Crippen LogP) is 1.45. The van der Waals surface area contributed by atoms with Gasteiger partial charge in [-0.25, -0.2) is 0 Å². The number of methoxy groups -OCH3 is 1. The fourth-order valence-corrected chi connectivity index (χ4v) is 1.25. The summed E-state index contributed by atoms with van der Waals surface area (Å²) in [7, 11) is 1.32. The maximum Gasteiger partial charge on any atom is 0.303 e. The molecule has 0 aromatic heterocycles. The second-order valence-electron chi connectivity index (χ2n) is 4.06. The normalized spacial score (nSPS) is 12.4. The number of aliphatic carboxylic acids is 1. The van der Waals surface area contributed by atoms with Crippen LogP contribution in [0.25, 0.3) is 0 Å². The van der Waals surface area contributed by atoms with Crippen LogP contribution in [0.3, 0.4) is 0 Å². The van der Waals surface area contributed by atoms with Crippen molar-refractivity contribution >= 4 is 5.97 Å². The highest BCUT2D eigenvalue weighted by molar-refractivity contribution is 5.66. The lowest BCUT2D eigenvalue weighted by Gasteiger charge is -2.11. The largest absolute Gasteiger partial charge is 0.493 e. The zero-order valence-electron chi connectivity index (χ0n) is 12.0. The fraction of sp³-hybridized carbons (Fsp3) is 0.462. The predicted molar refractivity (Wildman–Crippen MR) is 73.8 cm³/mol. The molecule has 0 fully saturated rings. The van der Waals surface area contributed by atoms with Crippen LogP contribution in [-0.4, -0.2) is 41.4 Å². The first kappa shape index (κ1) is 18.7. The number of aliphatic hydroxyl groups is 1. The fourth-order valence-electron chi connectivity index (χ4n) is 1.25. The van der Waals surface area contributed by atoms with Gasteiger partial charge in [0.05, 0.1) is 31.3 Å². The Labute approximate surface area is 122 Å². The Balaban J connectivity index is 5.12. The summed E-state index contributed by atoms with van der Waals surface area (Å²) in [5, 5.41) is 28.5. The molecule has 8 heteroatoms. The number of nitrogens with zero attached hydrogens (tertiary/aromatic N) is 1. The van der Waals surface area contributed by atoms with E-state index in [0.29, 0.717) is 0 Å². The van der Waals surface area contributed by atoms with Gasteiger partial charge < -0.3 is 19.7 Å². The molecule has 0 saturated carbocycles. The van der Waals surface area contributed by atoms with E-state index in [0.717, 1.165) is 6.08 Å². The summed E-state index contributed by atoms with van der Waals surface area (Å²) in [4.78, 5) is 20.7. The van der Waals surface area contributed by atoms with Crippen molar-refractivity contribution < 1.29 is 29.4 Å². The summed E-state index contributed by atoms with van der Waals surface area (Å²) in [5.74, 6) is -0.880. The van der Waals surface area contributed by atoms with Gasteiger partial charge >= 0.3 is 5.97 Å². The molecule has 0 aromatic rings. The number of carboxylic acid groups (broad SMARTS) is 1. The molecule has 0 radical (unpaired) electrons. The van der Waals surface area contributed by atoms with Gasteiger partial charge in [0.15, 0.2) is 11.5 Å². The quantitative estimate of drug-likeness (QED) is 0.206. The third-order valence-corrected chi connectivity index (χ3v) is 2.45. The highest BCUT2D eigenvalue weighted by Gasteiger charge is 2.16. The molecule has 0 heterocycles. The lowest BCUT2D eigenvalue weighted by Crippen LogP contribution is -2.07. The summed E-state index contributed by atoms with van der Waals surface area (Å²) in [6.07, 6.45) is 1.25. The Kier molecular flexibility index (Phi) is 8.47. The number of hydrogen-bond acceptors (Lipinski definition) is 6. The molecule has 2 N–H and O–H groups in total. The molecule has 0 saturated heterocycles. The first-order chi connectivity index (χ1) is 9.83. The number of carboxylic acids is 1. The average molecular weight is 301 g/mol. The summed E-state index contributed by atoms with van der Waals surface area (Å²) in [5.41, 5.74) is -0.181. The Bertz CT molecular complexity index is 465. The van der Waals surface area contributed by atoms with Gasteiger partial charge in [0.1, 0.15) is 0 Å². The van der Waals surface area contributed by atoms with E-state index in [-0.39, 0.29) is 42.2 Å². The van der Waals surface area contributed by atoms with Crippen LogP contribution in [0.2, 0.25) is 0 Å². The molecule has 0 bridgehead atoms. The molecule has 0 unspecified atom stereocenters. The van der Waals surface area contributed by atoms with E-state index in [1.807, 2.05) is 0 Å². The van der Waals surface area contributed by atoms with Gasteiger partial charge in [0, 0.05) is 12.0 Å². The van der Waals surface area contributed by atoms with E-state index < -0.39 is 17.5 Å². The second-order valence-corrected chi connectivity index (χ2v) is 4.06. The number of aliphatic hydroxyl groups excluding tert-OH is 1. The standard InChI is InChI=1S/C13H19NO7/c1-9(8-15)11(14(18)19)7-12(10(2)20-3)21-6-4-5-13(16)17/h7,15H,2,4-6,8H2,1,3H3,(H,16,17)/b11-9-,12-7+.